The number of likely N-dealkylation sites (N-methyl/N-ethyl adjacent to an activating group) is 1. The van der Waals surface area contributed by atoms with Gasteiger partial charge in [-0.15, -0.1) is 0 Å². The third-order valence-corrected chi connectivity index (χ3v) is 2.85. The zero-order chi connectivity index (χ0) is 9.03. The molecular weight excluding hydrogens is 148 g/mol. The van der Waals surface area contributed by atoms with E-state index in [1.54, 1.807) is 0 Å². The van der Waals surface area contributed by atoms with Crippen molar-refractivity contribution < 1.29 is 0 Å². The van der Waals surface area contributed by atoms with Crippen molar-refractivity contribution in [2.24, 2.45) is 0 Å². The Morgan fingerprint density at radius 1 is 1.33 bits per heavy atom. The lowest BCUT2D eigenvalue weighted by Gasteiger charge is -2.49. The summed E-state index contributed by atoms with van der Waals surface area (Å²) in [6.45, 7) is 8.18. The summed E-state index contributed by atoms with van der Waals surface area (Å²) in [5.41, 5.74) is 0.462. The molecule has 0 bridgehead atoms. The van der Waals surface area contributed by atoms with Crippen LogP contribution in [0, 0.1) is 0 Å². The quantitative estimate of drug-likeness (QED) is 0.629. The molecule has 0 saturated carbocycles. The van der Waals surface area contributed by atoms with Gasteiger partial charge in [-0.05, 0) is 26.4 Å². The van der Waals surface area contributed by atoms with Gasteiger partial charge < -0.3 is 10.2 Å². The highest BCUT2D eigenvalue weighted by Crippen LogP contribution is 2.22. The molecule has 0 atom stereocenters. The van der Waals surface area contributed by atoms with Gasteiger partial charge in [0.15, 0.2) is 0 Å². The van der Waals surface area contributed by atoms with E-state index in [1.807, 2.05) is 0 Å². The van der Waals surface area contributed by atoms with Gasteiger partial charge >= 0.3 is 0 Å². The van der Waals surface area contributed by atoms with E-state index in [1.165, 1.54) is 38.9 Å². The molecule has 1 heterocycles. The maximum atomic E-state index is 3.67. The Morgan fingerprint density at radius 3 is 2.42 bits per heavy atom. The second-order valence-electron chi connectivity index (χ2n) is 4.09. The van der Waals surface area contributed by atoms with Crippen LogP contribution in [0.5, 0.6) is 0 Å². The molecular formula is C10H22N2. The van der Waals surface area contributed by atoms with E-state index in [4.69, 9.17) is 0 Å². The van der Waals surface area contributed by atoms with Crippen LogP contribution in [0.1, 0.15) is 33.1 Å². The van der Waals surface area contributed by atoms with Crippen LogP contribution in [0.2, 0.25) is 0 Å². The molecule has 1 fully saturated rings. The van der Waals surface area contributed by atoms with Crippen LogP contribution >= 0.6 is 0 Å². The fraction of sp³-hybridized carbons (Fsp3) is 1.00. The van der Waals surface area contributed by atoms with E-state index in [0.29, 0.717) is 5.54 Å². The third-order valence-electron chi connectivity index (χ3n) is 2.85. The number of nitrogens with one attached hydrogen (secondary N) is 1. The average molecular weight is 170 g/mol. The zero-order valence-electron chi connectivity index (χ0n) is 8.69. The molecule has 0 amide bonds. The van der Waals surface area contributed by atoms with Crippen molar-refractivity contribution in [3.63, 3.8) is 0 Å². The zero-order valence-corrected chi connectivity index (χ0v) is 8.69. The van der Waals surface area contributed by atoms with Gasteiger partial charge in [-0.1, -0.05) is 20.3 Å². The van der Waals surface area contributed by atoms with Gasteiger partial charge in [-0.2, -0.15) is 0 Å². The predicted octanol–water partition coefficient (Wildman–Crippen LogP) is 1.47. The van der Waals surface area contributed by atoms with Crippen LogP contribution in [0.3, 0.4) is 0 Å². The fourth-order valence-electron chi connectivity index (χ4n) is 1.98. The molecule has 1 rings (SSSR count). The first-order chi connectivity index (χ1) is 5.72. The molecule has 0 unspecified atom stereocenters. The molecule has 1 aliphatic heterocycles. The smallest absolute Gasteiger partial charge is 0.0434 e. The van der Waals surface area contributed by atoms with Gasteiger partial charge in [0.1, 0.15) is 0 Å². The molecule has 0 spiro atoms. The Hall–Kier alpha value is -0.0800. The van der Waals surface area contributed by atoms with Crippen molar-refractivity contribution >= 4 is 0 Å². The Morgan fingerprint density at radius 2 is 2.00 bits per heavy atom. The Balaban J connectivity index is 2.18. The minimum atomic E-state index is 0.462. The van der Waals surface area contributed by atoms with E-state index in [9.17, 15) is 0 Å². The van der Waals surface area contributed by atoms with E-state index >= 15 is 0 Å². The second-order valence-corrected chi connectivity index (χ2v) is 4.09. The molecule has 12 heavy (non-hydrogen) atoms. The number of hydrogen-bond acceptors (Lipinski definition) is 2. The minimum absolute atomic E-state index is 0.462. The molecule has 2 heteroatoms. The summed E-state index contributed by atoms with van der Waals surface area (Å²) in [7, 11) is 2.19. The van der Waals surface area contributed by atoms with Gasteiger partial charge in [0.2, 0.25) is 0 Å². The molecule has 2 nitrogen and oxygen atoms in total. The third kappa shape index (κ3) is 2.20. The highest BCUT2D eigenvalue weighted by molar-refractivity contribution is 5.00. The van der Waals surface area contributed by atoms with Crippen LogP contribution in [0.25, 0.3) is 0 Å². The first kappa shape index (κ1) is 10.0. The Kier molecular flexibility index (Phi) is 3.53. The molecule has 0 aromatic heterocycles. The van der Waals surface area contributed by atoms with E-state index < -0.39 is 0 Å². The molecule has 72 valence electrons. The molecule has 0 aliphatic carbocycles. The van der Waals surface area contributed by atoms with Gasteiger partial charge in [0.05, 0.1) is 0 Å². The lowest BCUT2D eigenvalue weighted by Crippen LogP contribution is -2.67. The summed E-state index contributed by atoms with van der Waals surface area (Å²) in [6, 6.07) is 0. The van der Waals surface area contributed by atoms with Crippen LogP contribution in [-0.4, -0.2) is 37.1 Å². The molecule has 0 aromatic carbocycles. The number of hydrogen-bond donors (Lipinski definition) is 1. The van der Waals surface area contributed by atoms with E-state index in [0.717, 1.165) is 0 Å². The highest BCUT2D eigenvalue weighted by Gasteiger charge is 2.38. The molecule has 1 saturated heterocycles. The summed E-state index contributed by atoms with van der Waals surface area (Å²) in [6.07, 6.45) is 3.87. The lowest BCUT2D eigenvalue weighted by atomic mass is 9.87. The maximum absolute atomic E-state index is 3.67. The molecule has 1 N–H and O–H groups in total. The minimum Gasteiger partial charge on any atom is -0.309 e. The van der Waals surface area contributed by atoms with Crippen LogP contribution in [0.4, 0.5) is 0 Å². The normalized spacial score (nSPS) is 22.2. The summed E-state index contributed by atoms with van der Waals surface area (Å²) in [5, 5.41) is 3.67. The van der Waals surface area contributed by atoms with Gasteiger partial charge in [0.25, 0.3) is 0 Å². The standard InChI is InChI=1S/C10H22N2/c1-4-6-7-11-10(5-2)8-12(3)9-10/h11H,4-9H2,1-3H3. The van der Waals surface area contributed by atoms with Crippen molar-refractivity contribution in [1.29, 1.82) is 0 Å². The first-order valence-corrected chi connectivity index (χ1v) is 5.16. The molecule has 0 radical (unpaired) electrons. The lowest BCUT2D eigenvalue weighted by molar-refractivity contribution is 0.0621. The van der Waals surface area contributed by atoms with Crippen molar-refractivity contribution in [3.05, 3.63) is 0 Å². The van der Waals surface area contributed by atoms with Gasteiger partial charge in [-0.3, -0.25) is 0 Å². The summed E-state index contributed by atoms with van der Waals surface area (Å²) < 4.78 is 0. The Labute approximate surface area is 76.3 Å². The number of nitrogens with zero attached hydrogens (tertiary/aromatic N) is 1. The van der Waals surface area contributed by atoms with Gasteiger partial charge in [0, 0.05) is 18.6 Å². The average Bonchev–Trinajstić information content (AvgIpc) is 2.01. The van der Waals surface area contributed by atoms with Gasteiger partial charge in [-0.25, -0.2) is 0 Å². The highest BCUT2D eigenvalue weighted by atomic mass is 15.3. The topological polar surface area (TPSA) is 15.3 Å². The fourth-order valence-corrected chi connectivity index (χ4v) is 1.98. The summed E-state index contributed by atoms with van der Waals surface area (Å²) in [4.78, 5) is 2.38. The summed E-state index contributed by atoms with van der Waals surface area (Å²) >= 11 is 0. The molecule has 0 aromatic rings. The van der Waals surface area contributed by atoms with Crippen molar-refractivity contribution in [1.82, 2.24) is 10.2 Å². The van der Waals surface area contributed by atoms with E-state index in [2.05, 4.69) is 31.1 Å². The van der Waals surface area contributed by atoms with Crippen molar-refractivity contribution in [2.75, 3.05) is 26.7 Å². The maximum Gasteiger partial charge on any atom is 0.0434 e. The summed E-state index contributed by atoms with van der Waals surface area (Å²) in [5.74, 6) is 0. The SMILES string of the molecule is CCCCNC1(CC)CN(C)C1. The number of likely N-dealkylation sites (tertiary alicyclic amines) is 1. The Bertz CT molecular complexity index is 128. The first-order valence-electron chi connectivity index (χ1n) is 5.16. The molecule has 1 aliphatic rings. The van der Waals surface area contributed by atoms with Crippen LogP contribution in [0.15, 0.2) is 0 Å². The largest absolute Gasteiger partial charge is 0.309 e. The number of unbranched alkanes of at least 4 members (excludes halogenated alkanes) is 1. The van der Waals surface area contributed by atoms with Crippen molar-refractivity contribution in [3.8, 4) is 0 Å². The van der Waals surface area contributed by atoms with Crippen LogP contribution < -0.4 is 5.32 Å². The predicted molar refractivity (Wildman–Crippen MR) is 53.4 cm³/mol. The van der Waals surface area contributed by atoms with Crippen LogP contribution in [-0.2, 0) is 0 Å². The monoisotopic (exact) mass is 170 g/mol. The van der Waals surface area contributed by atoms with Crippen molar-refractivity contribution in [2.45, 2.75) is 38.6 Å². The van der Waals surface area contributed by atoms with E-state index in [-0.39, 0.29) is 0 Å². The second kappa shape index (κ2) is 4.24. The number of rotatable bonds is 5.